The van der Waals surface area contributed by atoms with Crippen LogP contribution in [0.15, 0.2) is 80.7 Å². The Labute approximate surface area is 158 Å². The molecule has 25 heavy (non-hydrogen) atoms. The molecule has 1 aromatic carbocycles. The van der Waals surface area contributed by atoms with Crippen molar-refractivity contribution in [3.8, 4) is 0 Å². The summed E-state index contributed by atoms with van der Waals surface area (Å²) >= 11 is 2.28. The number of pyridine rings is 1. The van der Waals surface area contributed by atoms with E-state index in [-0.39, 0.29) is 5.91 Å². The van der Waals surface area contributed by atoms with E-state index in [1.807, 2.05) is 42.6 Å². The highest BCUT2D eigenvalue weighted by molar-refractivity contribution is 14.1. The highest BCUT2D eigenvalue weighted by atomic mass is 127. The van der Waals surface area contributed by atoms with E-state index in [4.69, 9.17) is 0 Å². The first-order valence-corrected chi connectivity index (χ1v) is 8.80. The Morgan fingerprint density at radius 1 is 1.16 bits per heavy atom. The van der Waals surface area contributed by atoms with Gasteiger partial charge < -0.3 is 4.90 Å². The van der Waals surface area contributed by atoms with Crippen LogP contribution in [0.2, 0.25) is 0 Å². The number of rotatable bonds is 1. The summed E-state index contributed by atoms with van der Waals surface area (Å²) in [7, 11) is 0. The molecular weight excluding hydrogens is 427 g/mol. The number of hydrogen-bond donors (Lipinski definition) is 0. The molecule has 0 radical (unpaired) electrons. The number of aromatic nitrogens is 1. The van der Waals surface area contributed by atoms with Crippen molar-refractivity contribution in [3.63, 3.8) is 0 Å². The third-order valence-corrected chi connectivity index (χ3v) is 4.54. The molecule has 2 aliphatic heterocycles. The second-order valence-corrected chi connectivity index (χ2v) is 6.83. The van der Waals surface area contributed by atoms with Gasteiger partial charge in [-0.05, 0) is 52.4 Å². The van der Waals surface area contributed by atoms with Gasteiger partial charge in [0.25, 0.3) is 5.91 Å². The van der Waals surface area contributed by atoms with Crippen LogP contribution in [0.3, 0.4) is 0 Å². The van der Waals surface area contributed by atoms with Crippen molar-refractivity contribution >= 4 is 40.2 Å². The first-order valence-electron chi connectivity index (χ1n) is 7.73. The fraction of sp³-hybridized carbons (Fsp3) is 0.0526. The number of allylic oxidation sites excluding steroid dienone is 2. The van der Waals surface area contributed by atoms with E-state index in [9.17, 15) is 4.79 Å². The first kappa shape index (κ1) is 15.9. The van der Waals surface area contributed by atoms with Gasteiger partial charge in [-0.3, -0.25) is 9.78 Å². The van der Waals surface area contributed by atoms with Gasteiger partial charge in [-0.2, -0.15) is 4.99 Å². The van der Waals surface area contributed by atoms with Gasteiger partial charge in [-0.1, -0.05) is 24.3 Å². The Balaban J connectivity index is 1.82. The van der Waals surface area contributed by atoms with Crippen molar-refractivity contribution in [2.45, 2.75) is 6.54 Å². The highest BCUT2D eigenvalue weighted by Gasteiger charge is 2.21. The van der Waals surface area contributed by atoms with Crippen molar-refractivity contribution in [1.82, 2.24) is 9.88 Å². The average Bonchev–Trinajstić information content (AvgIpc) is 2.79. The standard InChI is InChI=1S/C19H13IN4O/c20-15-7-8-17-22-18(23-19(25)13-5-3-9-21-10-13)16-6-2-1-4-14(16)11-24(17)12-15/h1-10,12H,11H2. The summed E-state index contributed by atoms with van der Waals surface area (Å²) in [6.07, 6.45) is 9.12. The third-order valence-electron chi connectivity index (χ3n) is 3.90. The normalized spacial score (nSPS) is 17.3. The number of hydrogen-bond acceptors (Lipinski definition) is 3. The van der Waals surface area contributed by atoms with Gasteiger partial charge in [-0.25, -0.2) is 4.99 Å². The molecule has 4 rings (SSSR count). The molecule has 0 aliphatic carbocycles. The average molecular weight is 440 g/mol. The van der Waals surface area contributed by atoms with Crippen LogP contribution in [0.4, 0.5) is 0 Å². The van der Waals surface area contributed by atoms with Gasteiger partial charge in [0.1, 0.15) is 5.84 Å². The lowest BCUT2D eigenvalue weighted by Gasteiger charge is -2.21. The van der Waals surface area contributed by atoms with Gasteiger partial charge in [-0.15, -0.1) is 0 Å². The minimum Gasteiger partial charge on any atom is -0.327 e. The Morgan fingerprint density at radius 3 is 2.88 bits per heavy atom. The van der Waals surface area contributed by atoms with E-state index in [2.05, 4.69) is 42.5 Å². The number of nitrogens with zero attached hydrogens (tertiary/aromatic N) is 4. The number of fused-ring (bicyclic) bond motifs is 2. The SMILES string of the molecule is O=C(N=C1N=C2C=CC(I)=CN2Cc2ccccc21)c1cccnc1. The van der Waals surface area contributed by atoms with Gasteiger partial charge in [0.2, 0.25) is 0 Å². The third kappa shape index (κ3) is 3.30. The van der Waals surface area contributed by atoms with Crippen molar-refractivity contribution in [3.05, 3.63) is 87.4 Å². The van der Waals surface area contributed by atoms with Crippen molar-refractivity contribution in [2.24, 2.45) is 9.98 Å². The van der Waals surface area contributed by atoms with E-state index in [1.54, 1.807) is 18.3 Å². The summed E-state index contributed by atoms with van der Waals surface area (Å²) in [5.74, 6) is 0.854. The number of benzene rings is 1. The van der Waals surface area contributed by atoms with Gasteiger partial charge in [0.15, 0.2) is 5.84 Å². The lowest BCUT2D eigenvalue weighted by molar-refractivity contribution is 0.100. The summed E-state index contributed by atoms with van der Waals surface area (Å²) < 4.78 is 1.13. The molecule has 0 atom stereocenters. The zero-order valence-electron chi connectivity index (χ0n) is 13.1. The molecule has 0 saturated heterocycles. The van der Waals surface area contributed by atoms with Crippen molar-refractivity contribution in [2.75, 3.05) is 0 Å². The molecule has 2 aliphatic rings. The van der Waals surface area contributed by atoms with Crippen LogP contribution in [-0.2, 0) is 6.54 Å². The van der Waals surface area contributed by atoms with Crippen LogP contribution in [-0.4, -0.2) is 27.5 Å². The van der Waals surface area contributed by atoms with E-state index in [0.29, 0.717) is 17.9 Å². The van der Waals surface area contributed by atoms with E-state index in [0.717, 1.165) is 20.5 Å². The molecule has 0 fully saturated rings. The highest BCUT2D eigenvalue weighted by Crippen LogP contribution is 2.24. The maximum atomic E-state index is 12.5. The van der Waals surface area contributed by atoms with Gasteiger partial charge >= 0.3 is 0 Å². The summed E-state index contributed by atoms with van der Waals surface area (Å²) in [6, 6.07) is 11.3. The monoisotopic (exact) mass is 440 g/mol. The second-order valence-electron chi connectivity index (χ2n) is 5.58. The Hall–Kier alpha value is -2.61. The maximum Gasteiger partial charge on any atom is 0.280 e. The quantitative estimate of drug-likeness (QED) is 0.636. The smallest absolute Gasteiger partial charge is 0.280 e. The summed E-state index contributed by atoms with van der Waals surface area (Å²) in [5.41, 5.74) is 2.40. The molecule has 1 aromatic heterocycles. The molecule has 0 saturated carbocycles. The van der Waals surface area contributed by atoms with Crippen molar-refractivity contribution < 1.29 is 4.79 Å². The number of halogens is 1. The molecule has 1 amide bonds. The van der Waals surface area contributed by atoms with Crippen LogP contribution in [0.25, 0.3) is 0 Å². The fourth-order valence-electron chi connectivity index (χ4n) is 2.70. The summed E-state index contributed by atoms with van der Waals surface area (Å²) in [4.78, 5) is 27.5. The molecular formula is C19H13IN4O. The minimum atomic E-state index is -0.347. The van der Waals surface area contributed by atoms with E-state index >= 15 is 0 Å². The maximum absolute atomic E-state index is 12.5. The molecule has 6 heteroatoms. The molecule has 0 bridgehead atoms. The summed E-state index contributed by atoms with van der Waals surface area (Å²) in [5, 5.41) is 0. The number of carbonyl (C=O) groups is 1. The number of amides is 1. The summed E-state index contributed by atoms with van der Waals surface area (Å²) in [6.45, 7) is 0.686. The number of amidine groups is 2. The number of carbonyl (C=O) groups excluding carboxylic acids is 1. The molecule has 0 unspecified atom stereocenters. The van der Waals surface area contributed by atoms with Crippen LogP contribution in [0.1, 0.15) is 21.5 Å². The molecule has 3 heterocycles. The fourth-order valence-corrected chi connectivity index (χ4v) is 3.22. The first-order chi connectivity index (χ1) is 12.2. The van der Waals surface area contributed by atoms with E-state index in [1.165, 1.54) is 6.20 Å². The Morgan fingerprint density at radius 2 is 2.04 bits per heavy atom. The topological polar surface area (TPSA) is 57.9 Å². The molecule has 122 valence electrons. The van der Waals surface area contributed by atoms with Crippen LogP contribution in [0, 0.1) is 0 Å². The predicted molar refractivity (Wildman–Crippen MR) is 106 cm³/mol. The lowest BCUT2D eigenvalue weighted by atomic mass is 10.1. The molecule has 0 spiro atoms. The molecule has 2 aromatic rings. The zero-order chi connectivity index (χ0) is 17.2. The largest absolute Gasteiger partial charge is 0.327 e. The zero-order valence-corrected chi connectivity index (χ0v) is 15.3. The predicted octanol–water partition coefficient (Wildman–Crippen LogP) is 3.73. The Bertz CT molecular complexity index is 960. The van der Waals surface area contributed by atoms with Gasteiger partial charge in [0.05, 0.1) is 5.56 Å². The van der Waals surface area contributed by atoms with Crippen molar-refractivity contribution in [1.29, 1.82) is 0 Å². The van der Waals surface area contributed by atoms with Gasteiger partial charge in [0, 0.05) is 34.3 Å². The molecule has 5 nitrogen and oxygen atoms in total. The minimum absolute atomic E-state index is 0.347. The van der Waals surface area contributed by atoms with E-state index < -0.39 is 0 Å². The number of aliphatic imine (C=N–C) groups is 2. The lowest BCUT2D eigenvalue weighted by Crippen LogP contribution is -2.24. The second kappa shape index (κ2) is 6.72. The Kier molecular flexibility index (Phi) is 4.27. The molecule has 0 N–H and O–H groups in total. The van der Waals surface area contributed by atoms with Crippen LogP contribution < -0.4 is 0 Å². The van der Waals surface area contributed by atoms with Crippen LogP contribution >= 0.6 is 22.6 Å². The van der Waals surface area contributed by atoms with Crippen LogP contribution in [0.5, 0.6) is 0 Å².